The molecule has 0 radical (unpaired) electrons. The van der Waals surface area contributed by atoms with Gasteiger partial charge in [-0.05, 0) is 111 Å². The van der Waals surface area contributed by atoms with E-state index in [1.54, 1.807) is 16.8 Å². The van der Waals surface area contributed by atoms with Crippen LogP contribution in [0, 0.1) is 19.8 Å². The van der Waals surface area contributed by atoms with Crippen molar-refractivity contribution in [2.45, 2.75) is 57.9 Å². The molecule has 14 heteroatoms. The Bertz CT molecular complexity index is 2400. The average Bonchev–Trinajstić information content (AvgIpc) is 3.87. The number of hydrogen-bond donors (Lipinski definition) is 3. The fraction of sp³-hybridized carbons (Fsp3) is 0.372. The van der Waals surface area contributed by atoms with Gasteiger partial charge in [-0.1, -0.05) is 30.3 Å². The van der Waals surface area contributed by atoms with Crippen molar-refractivity contribution in [3.63, 3.8) is 0 Å². The Morgan fingerprint density at radius 1 is 0.842 bits per heavy atom. The molecule has 4 amide bonds. The minimum absolute atomic E-state index is 0.102. The van der Waals surface area contributed by atoms with Crippen LogP contribution in [0.5, 0.6) is 0 Å². The molecule has 0 aliphatic carbocycles. The fourth-order valence-electron chi connectivity index (χ4n) is 8.97. The number of hydrogen-bond acceptors (Lipinski definition) is 11. The van der Waals surface area contributed by atoms with Crippen molar-refractivity contribution >= 4 is 63.5 Å². The van der Waals surface area contributed by atoms with E-state index in [9.17, 15) is 19.2 Å². The summed E-state index contributed by atoms with van der Waals surface area (Å²) in [4.78, 5) is 65.9. The highest BCUT2D eigenvalue weighted by atomic mass is 16.2. The van der Waals surface area contributed by atoms with Crippen LogP contribution >= 0.6 is 0 Å². The third-order valence-electron chi connectivity index (χ3n) is 12.1. The third-order valence-corrected chi connectivity index (χ3v) is 12.1. The smallest absolute Gasteiger partial charge is 0.262 e. The second kappa shape index (κ2) is 14.7. The number of aromatic nitrogens is 4. The number of fused-ring (bicyclic) bond motifs is 2. The monoisotopic (exact) mass is 766 g/mol. The SMILES string of the molecule is Cc1cccc(C)c1Nc1nn(C)c2nc(Nc3ccc(C4CCN(C[C@@H]5CCN(c6ccc7c(c6)C(=O)N(C6CCC(=O)NC6=O)C7=O)C5)CC4)cc3)ncc12. The summed E-state index contributed by atoms with van der Waals surface area (Å²) in [7, 11) is 1.89. The Morgan fingerprint density at radius 3 is 2.35 bits per heavy atom. The molecule has 4 aliphatic rings. The number of benzene rings is 3. The number of imide groups is 2. The van der Waals surface area contributed by atoms with Gasteiger partial charge in [0.15, 0.2) is 11.5 Å². The van der Waals surface area contributed by atoms with Crippen molar-refractivity contribution in [2.75, 3.05) is 48.3 Å². The van der Waals surface area contributed by atoms with Gasteiger partial charge >= 0.3 is 0 Å². The van der Waals surface area contributed by atoms with Gasteiger partial charge in [-0.15, -0.1) is 0 Å². The van der Waals surface area contributed by atoms with E-state index in [-0.39, 0.29) is 18.7 Å². The van der Waals surface area contributed by atoms with Crippen LogP contribution in [0.15, 0.2) is 66.9 Å². The molecular weight excluding hydrogens is 721 g/mol. The number of nitrogens with zero attached hydrogens (tertiary/aromatic N) is 7. The molecule has 3 saturated heterocycles. The number of nitrogens with one attached hydrogen (secondary N) is 3. The zero-order valence-corrected chi connectivity index (χ0v) is 32.4. The molecule has 2 atom stereocenters. The number of piperidine rings is 2. The molecule has 292 valence electrons. The fourth-order valence-corrected chi connectivity index (χ4v) is 8.97. The van der Waals surface area contributed by atoms with Crippen molar-refractivity contribution in [1.82, 2.24) is 34.9 Å². The summed E-state index contributed by atoms with van der Waals surface area (Å²) in [6.07, 6.45) is 5.33. The molecule has 3 fully saturated rings. The normalized spacial score (nSPS) is 20.4. The van der Waals surface area contributed by atoms with E-state index in [2.05, 4.69) is 87.0 Å². The summed E-state index contributed by atoms with van der Waals surface area (Å²) in [6.45, 7) is 9.05. The maximum Gasteiger partial charge on any atom is 0.262 e. The molecule has 57 heavy (non-hydrogen) atoms. The van der Waals surface area contributed by atoms with Gasteiger partial charge in [-0.3, -0.25) is 29.4 Å². The molecule has 3 aromatic carbocycles. The second-order valence-electron chi connectivity index (χ2n) is 15.9. The maximum absolute atomic E-state index is 13.4. The van der Waals surface area contributed by atoms with Gasteiger partial charge < -0.3 is 20.4 Å². The summed E-state index contributed by atoms with van der Waals surface area (Å²) in [6, 6.07) is 19.3. The molecule has 5 aromatic rings. The average molecular weight is 767 g/mol. The van der Waals surface area contributed by atoms with Crippen molar-refractivity contribution in [2.24, 2.45) is 13.0 Å². The van der Waals surface area contributed by atoms with Crippen LogP contribution in [-0.2, 0) is 16.6 Å². The molecule has 1 unspecified atom stereocenters. The summed E-state index contributed by atoms with van der Waals surface area (Å²) in [5.74, 6) is 0.338. The molecule has 0 bridgehead atoms. The quantitative estimate of drug-likeness (QED) is 0.161. The molecule has 4 aliphatic heterocycles. The summed E-state index contributed by atoms with van der Waals surface area (Å²) >= 11 is 0. The highest BCUT2D eigenvalue weighted by molar-refractivity contribution is 6.23. The van der Waals surface area contributed by atoms with E-state index in [0.717, 1.165) is 102 Å². The number of anilines is 5. The van der Waals surface area contributed by atoms with Crippen LogP contribution in [0.2, 0.25) is 0 Å². The lowest BCUT2D eigenvalue weighted by Crippen LogP contribution is -2.54. The second-order valence-corrected chi connectivity index (χ2v) is 15.9. The van der Waals surface area contributed by atoms with Gasteiger partial charge in [0.2, 0.25) is 17.8 Å². The van der Waals surface area contributed by atoms with Crippen LogP contribution in [0.25, 0.3) is 11.0 Å². The zero-order valence-electron chi connectivity index (χ0n) is 32.4. The predicted molar refractivity (Wildman–Crippen MR) is 217 cm³/mol. The number of carbonyl (C=O) groups excluding carboxylic acids is 4. The standard InChI is InChI=1S/C43H46N10O4/c1-25-5-4-6-26(2)37(25)47-38-34-22-44-43(48-39(34)50(3)49-38)45-30-9-7-28(8-10-30)29-16-18-51(19-17-29)23-27-15-20-52(24-27)31-11-12-32-33(21-31)42(57)53(41(32)56)35-13-14-36(54)46-40(35)55/h4-12,21-22,27,29,35H,13-20,23-24H2,1-3H3,(H,47,49)(H,44,45,48)(H,46,54,55)/t27-,35?/m0/s1. The topological polar surface area (TPSA) is 158 Å². The molecule has 3 N–H and O–H groups in total. The highest BCUT2D eigenvalue weighted by Crippen LogP contribution is 2.35. The first-order chi connectivity index (χ1) is 27.6. The first kappa shape index (κ1) is 36.5. The number of likely N-dealkylation sites (tertiary alicyclic amines) is 1. The Labute approximate surface area is 330 Å². The third kappa shape index (κ3) is 6.98. The zero-order chi connectivity index (χ0) is 39.4. The maximum atomic E-state index is 13.4. The molecule has 0 saturated carbocycles. The molecule has 2 aromatic heterocycles. The predicted octanol–water partition coefficient (Wildman–Crippen LogP) is 5.57. The van der Waals surface area contributed by atoms with Gasteiger partial charge in [-0.25, -0.2) is 9.67 Å². The van der Waals surface area contributed by atoms with Crippen LogP contribution in [-0.4, -0.2) is 91.9 Å². The van der Waals surface area contributed by atoms with Gasteiger partial charge in [0.05, 0.1) is 16.5 Å². The van der Waals surface area contributed by atoms with Gasteiger partial charge in [0.1, 0.15) is 6.04 Å². The van der Waals surface area contributed by atoms with Crippen molar-refractivity contribution < 1.29 is 19.2 Å². The Balaban J connectivity index is 0.766. The number of rotatable bonds is 9. The Hall–Kier alpha value is -6.15. The van der Waals surface area contributed by atoms with Gasteiger partial charge in [0, 0.05) is 56.4 Å². The lowest BCUT2D eigenvalue weighted by Gasteiger charge is -2.34. The lowest BCUT2D eigenvalue weighted by atomic mass is 9.89. The molecule has 0 spiro atoms. The lowest BCUT2D eigenvalue weighted by molar-refractivity contribution is -0.136. The highest BCUT2D eigenvalue weighted by Gasteiger charge is 2.45. The van der Waals surface area contributed by atoms with Crippen LogP contribution in [0.1, 0.15) is 75.4 Å². The van der Waals surface area contributed by atoms with Crippen molar-refractivity contribution in [3.05, 3.63) is 94.7 Å². The minimum atomic E-state index is -0.961. The molecular formula is C43H46N10O4. The van der Waals surface area contributed by atoms with E-state index in [0.29, 0.717) is 28.9 Å². The van der Waals surface area contributed by atoms with Crippen LogP contribution in [0.3, 0.4) is 0 Å². The van der Waals surface area contributed by atoms with E-state index in [1.165, 1.54) is 5.56 Å². The number of para-hydroxylation sites is 1. The number of amides is 4. The molecule has 6 heterocycles. The van der Waals surface area contributed by atoms with Crippen molar-refractivity contribution in [1.29, 1.82) is 0 Å². The van der Waals surface area contributed by atoms with Gasteiger partial charge in [-0.2, -0.15) is 10.1 Å². The van der Waals surface area contributed by atoms with E-state index < -0.39 is 23.8 Å². The van der Waals surface area contributed by atoms with E-state index >= 15 is 0 Å². The first-order valence-electron chi connectivity index (χ1n) is 19.8. The Morgan fingerprint density at radius 2 is 1.60 bits per heavy atom. The largest absolute Gasteiger partial charge is 0.371 e. The van der Waals surface area contributed by atoms with E-state index in [1.807, 2.05) is 19.3 Å². The van der Waals surface area contributed by atoms with Gasteiger partial charge in [0.25, 0.3) is 11.8 Å². The molecule has 9 rings (SSSR count). The van der Waals surface area contributed by atoms with Crippen molar-refractivity contribution in [3.8, 4) is 0 Å². The Kier molecular flexibility index (Phi) is 9.43. The summed E-state index contributed by atoms with van der Waals surface area (Å²) in [5, 5.41) is 14.7. The molecule has 14 nitrogen and oxygen atoms in total. The summed E-state index contributed by atoms with van der Waals surface area (Å²) in [5.41, 5.74) is 7.92. The first-order valence-corrected chi connectivity index (χ1v) is 19.8. The van der Waals surface area contributed by atoms with Crippen LogP contribution in [0.4, 0.5) is 28.8 Å². The van der Waals surface area contributed by atoms with E-state index in [4.69, 9.17) is 10.1 Å². The summed E-state index contributed by atoms with van der Waals surface area (Å²) < 4.78 is 1.78. The number of aryl methyl sites for hydroxylation is 3. The van der Waals surface area contributed by atoms with Crippen LogP contribution < -0.4 is 20.9 Å². The number of carbonyl (C=O) groups is 4. The minimum Gasteiger partial charge on any atom is -0.371 e.